The summed E-state index contributed by atoms with van der Waals surface area (Å²) in [6, 6.07) is 0. The average Bonchev–Trinajstić information content (AvgIpc) is 2.87. The van der Waals surface area contributed by atoms with Crippen molar-refractivity contribution in [2.24, 2.45) is 4.99 Å². The van der Waals surface area contributed by atoms with Gasteiger partial charge in [-0.2, -0.15) is 0 Å². The Kier molecular flexibility index (Phi) is 9.99. The summed E-state index contributed by atoms with van der Waals surface area (Å²) in [6.45, 7) is 4.96. The number of nitrogens with zero attached hydrogens (tertiary/aromatic N) is 2. The maximum Gasteiger partial charge on any atom is 0.333 e. The minimum atomic E-state index is -1.00. The van der Waals surface area contributed by atoms with Crippen molar-refractivity contribution in [1.82, 2.24) is 4.90 Å². The second kappa shape index (κ2) is 11.5. The third-order valence-corrected chi connectivity index (χ3v) is 5.00. The quantitative estimate of drug-likeness (QED) is 0.471. The topological polar surface area (TPSA) is 73.1 Å². The van der Waals surface area contributed by atoms with Crippen LogP contribution in [0.5, 0.6) is 0 Å². The van der Waals surface area contributed by atoms with Crippen molar-refractivity contribution in [2.45, 2.75) is 90.0 Å². The smallest absolute Gasteiger partial charge is 0.333 e. The molecule has 0 aromatic carbocycles. The van der Waals surface area contributed by atoms with E-state index >= 15 is 0 Å². The normalized spacial score (nSPS) is 20.5. The van der Waals surface area contributed by atoms with Gasteiger partial charge >= 0.3 is 5.97 Å². The Morgan fingerprint density at radius 3 is 2.12 bits per heavy atom. The van der Waals surface area contributed by atoms with Crippen LogP contribution in [0.2, 0.25) is 0 Å². The van der Waals surface area contributed by atoms with Crippen LogP contribution >= 0.6 is 0 Å². The van der Waals surface area contributed by atoms with E-state index in [0.29, 0.717) is 19.5 Å². The van der Waals surface area contributed by atoms with E-state index in [4.69, 9.17) is 5.11 Å². The molecule has 0 amide bonds. The highest BCUT2D eigenvalue weighted by atomic mass is 16.4. The van der Waals surface area contributed by atoms with Crippen LogP contribution in [0.25, 0.3) is 0 Å². The van der Waals surface area contributed by atoms with Gasteiger partial charge in [0.2, 0.25) is 0 Å². The van der Waals surface area contributed by atoms with E-state index < -0.39 is 11.5 Å². The molecule has 0 aliphatic carbocycles. The Bertz CT molecular complexity index is 398. The number of hydrogen-bond acceptors (Lipinski definition) is 4. The molecule has 1 rings (SSSR count). The van der Waals surface area contributed by atoms with Gasteiger partial charge in [0.1, 0.15) is 0 Å². The van der Waals surface area contributed by atoms with E-state index in [2.05, 4.69) is 11.9 Å². The molecular weight excluding hydrogens is 304 g/mol. The molecule has 1 aliphatic heterocycles. The summed E-state index contributed by atoms with van der Waals surface area (Å²) in [5.41, 5.74) is -1.00. The van der Waals surface area contributed by atoms with Crippen molar-refractivity contribution in [1.29, 1.82) is 0 Å². The van der Waals surface area contributed by atoms with Crippen molar-refractivity contribution in [2.75, 3.05) is 19.7 Å². The monoisotopic (exact) mass is 340 g/mol. The van der Waals surface area contributed by atoms with Crippen LogP contribution in [-0.4, -0.2) is 52.2 Å². The highest BCUT2D eigenvalue weighted by molar-refractivity contribution is 5.90. The summed E-state index contributed by atoms with van der Waals surface area (Å²) in [4.78, 5) is 18.0. The van der Waals surface area contributed by atoms with Crippen LogP contribution in [0.4, 0.5) is 0 Å². The fourth-order valence-corrected chi connectivity index (χ4v) is 3.47. The Balaban J connectivity index is 2.21. The Hall–Kier alpha value is -1.10. The molecule has 0 saturated carbocycles. The molecule has 0 bridgehead atoms. The molecule has 1 atom stereocenters. The van der Waals surface area contributed by atoms with Gasteiger partial charge in [-0.15, -0.1) is 0 Å². The van der Waals surface area contributed by atoms with Gasteiger partial charge < -0.3 is 15.1 Å². The minimum Gasteiger partial charge on any atom is -0.479 e. The summed E-state index contributed by atoms with van der Waals surface area (Å²) in [6.07, 6.45) is 13.0. The largest absolute Gasteiger partial charge is 0.479 e. The molecule has 1 aliphatic rings. The number of aliphatic hydroxyl groups is 1. The van der Waals surface area contributed by atoms with Crippen molar-refractivity contribution in [3.8, 4) is 0 Å². The van der Waals surface area contributed by atoms with Crippen LogP contribution in [0.3, 0.4) is 0 Å². The summed E-state index contributed by atoms with van der Waals surface area (Å²) in [5.74, 6) is -0.100. The first-order valence-corrected chi connectivity index (χ1v) is 9.71. The number of aliphatic carboxylic acids is 1. The molecule has 1 unspecified atom stereocenters. The second-order valence-corrected chi connectivity index (χ2v) is 7.07. The van der Waals surface area contributed by atoms with E-state index in [-0.39, 0.29) is 6.61 Å². The molecule has 0 aromatic heterocycles. The highest BCUT2D eigenvalue weighted by Crippen LogP contribution is 2.28. The van der Waals surface area contributed by atoms with Gasteiger partial charge in [0, 0.05) is 6.54 Å². The lowest BCUT2D eigenvalue weighted by atomic mass is 9.92. The number of amidine groups is 1. The Labute approximate surface area is 147 Å². The molecule has 2 N–H and O–H groups in total. The van der Waals surface area contributed by atoms with Gasteiger partial charge in [0.05, 0.1) is 19.0 Å². The van der Waals surface area contributed by atoms with Crippen LogP contribution < -0.4 is 0 Å². The Morgan fingerprint density at radius 1 is 1.08 bits per heavy atom. The molecule has 24 heavy (non-hydrogen) atoms. The van der Waals surface area contributed by atoms with Crippen LogP contribution in [0.15, 0.2) is 4.99 Å². The third kappa shape index (κ3) is 6.80. The average molecular weight is 341 g/mol. The van der Waals surface area contributed by atoms with E-state index in [9.17, 15) is 9.90 Å². The molecule has 0 saturated heterocycles. The van der Waals surface area contributed by atoms with Gasteiger partial charge in [-0.3, -0.25) is 4.99 Å². The fraction of sp³-hybridized carbons (Fsp3) is 0.895. The predicted molar refractivity (Wildman–Crippen MR) is 98.6 cm³/mol. The first-order chi connectivity index (χ1) is 11.6. The second-order valence-electron chi connectivity index (χ2n) is 7.07. The van der Waals surface area contributed by atoms with Crippen molar-refractivity contribution < 1.29 is 15.0 Å². The SMILES string of the molecule is CCCCCCCCCCCCC1(C(=O)O)CN(CCO)C(C)=N1. The molecule has 0 spiro atoms. The first kappa shape index (κ1) is 20.9. The number of unbranched alkanes of at least 4 members (excludes halogenated alkanes) is 9. The summed E-state index contributed by atoms with van der Waals surface area (Å²) in [7, 11) is 0. The lowest BCUT2D eigenvalue weighted by Gasteiger charge is -2.24. The van der Waals surface area contributed by atoms with Crippen molar-refractivity contribution in [3.63, 3.8) is 0 Å². The van der Waals surface area contributed by atoms with Crippen LogP contribution in [-0.2, 0) is 4.79 Å². The zero-order valence-electron chi connectivity index (χ0n) is 15.6. The molecule has 0 fully saturated rings. The predicted octanol–water partition coefficient (Wildman–Crippen LogP) is 3.85. The maximum atomic E-state index is 11.7. The number of carbonyl (C=O) groups is 1. The van der Waals surface area contributed by atoms with Gasteiger partial charge in [-0.05, 0) is 13.3 Å². The van der Waals surface area contributed by atoms with Crippen molar-refractivity contribution >= 4 is 11.8 Å². The lowest BCUT2D eigenvalue weighted by molar-refractivity contribution is -0.143. The fourth-order valence-electron chi connectivity index (χ4n) is 3.47. The summed E-state index contributed by atoms with van der Waals surface area (Å²) < 4.78 is 0. The molecule has 5 heteroatoms. The summed E-state index contributed by atoms with van der Waals surface area (Å²) in [5, 5.41) is 18.7. The van der Waals surface area contributed by atoms with E-state index in [0.717, 1.165) is 18.7 Å². The first-order valence-electron chi connectivity index (χ1n) is 9.71. The van der Waals surface area contributed by atoms with Gasteiger partial charge in [-0.25, -0.2) is 4.79 Å². The number of carboxylic acids is 1. The number of hydrogen-bond donors (Lipinski definition) is 2. The molecular formula is C19H36N2O3. The number of aliphatic imine (C=N–C) groups is 1. The van der Waals surface area contributed by atoms with Gasteiger partial charge in [-0.1, -0.05) is 71.1 Å². The maximum absolute atomic E-state index is 11.7. The molecule has 140 valence electrons. The highest BCUT2D eigenvalue weighted by Gasteiger charge is 2.44. The van der Waals surface area contributed by atoms with Crippen LogP contribution in [0.1, 0.15) is 84.5 Å². The zero-order valence-corrected chi connectivity index (χ0v) is 15.6. The third-order valence-electron chi connectivity index (χ3n) is 5.00. The van der Waals surface area contributed by atoms with E-state index in [1.54, 1.807) is 0 Å². The molecule has 0 aromatic rings. The number of rotatable bonds is 14. The van der Waals surface area contributed by atoms with Crippen LogP contribution in [0, 0.1) is 0 Å². The van der Waals surface area contributed by atoms with E-state index in [1.165, 1.54) is 51.4 Å². The minimum absolute atomic E-state index is 0.0286. The number of aliphatic hydroxyl groups excluding tert-OH is 1. The molecule has 0 radical (unpaired) electrons. The lowest BCUT2D eigenvalue weighted by Crippen LogP contribution is -2.43. The molecule has 1 heterocycles. The number of carboxylic acid groups (broad SMARTS) is 1. The van der Waals surface area contributed by atoms with Gasteiger partial charge in [0.15, 0.2) is 5.54 Å². The Morgan fingerprint density at radius 2 is 1.62 bits per heavy atom. The standard InChI is InChI=1S/C19H36N2O3/c1-3-4-5-6-7-8-9-10-11-12-13-19(18(23)24)16-21(14-15-22)17(2)20-19/h22H,3-16H2,1-2H3,(H,23,24). The van der Waals surface area contributed by atoms with E-state index in [1.807, 2.05) is 11.8 Å². The van der Waals surface area contributed by atoms with Gasteiger partial charge in [0.25, 0.3) is 0 Å². The molecule has 5 nitrogen and oxygen atoms in total. The number of β-amino-alcohol motifs (C(OH)–C–C–N with tert-alkyl or cyclic N) is 1. The van der Waals surface area contributed by atoms with Crippen molar-refractivity contribution in [3.05, 3.63) is 0 Å². The zero-order chi connectivity index (χ0) is 17.8. The summed E-state index contributed by atoms with van der Waals surface area (Å²) >= 11 is 0.